The van der Waals surface area contributed by atoms with Gasteiger partial charge in [0.15, 0.2) is 5.96 Å². The van der Waals surface area contributed by atoms with Gasteiger partial charge in [-0.25, -0.2) is 4.79 Å². The molecule has 2 saturated heterocycles. The van der Waals surface area contributed by atoms with E-state index in [4.69, 9.17) is 14.5 Å². The van der Waals surface area contributed by atoms with Gasteiger partial charge < -0.3 is 25.0 Å². The molecule has 0 bridgehead atoms. The first kappa shape index (κ1) is 28.2. The average molecular weight is 554 g/mol. The fraction of sp³-hybridized carbons (Fsp3) is 0.909. The van der Waals surface area contributed by atoms with E-state index >= 15 is 0 Å². The Morgan fingerprint density at radius 2 is 1.90 bits per heavy atom. The summed E-state index contributed by atoms with van der Waals surface area (Å²) < 4.78 is 10.9. The van der Waals surface area contributed by atoms with Crippen molar-refractivity contribution in [2.75, 3.05) is 59.0 Å². The highest BCUT2D eigenvalue weighted by atomic mass is 127. The molecule has 2 aliphatic rings. The van der Waals surface area contributed by atoms with Crippen LogP contribution in [0.5, 0.6) is 0 Å². The molecule has 0 aromatic heterocycles. The van der Waals surface area contributed by atoms with E-state index < -0.39 is 5.60 Å². The minimum absolute atomic E-state index is 0. The molecule has 182 valence electrons. The van der Waals surface area contributed by atoms with Crippen molar-refractivity contribution in [1.82, 2.24) is 20.4 Å². The van der Waals surface area contributed by atoms with Crippen LogP contribution >= 0.6 is 24.0 Å². The number of morpholine rings is 1. The molecular formula is C22H44IN5O3. The highest BCUT2D eigenvalue weighted by Crippen LogP contribution is 2.18. The Bertz CT molecular complexity index is 562. The predicted molar refractivity (Wildman–Crippen MR) is 136 cm³/mol. The molecule has 2 fully saturated rings. The number of ether oxygens (including phenoxy) is 2. The molecule has 9 heteroatoms. The monoisotopic (exact) mass is 553 g/mol. The molecule has 2 rings (SSSR count). The maximum atomic E-state index is 12.2. The Hall–Kier alpha value is -0.810. The SMILES string of the molecule is CCNC(=NCC(NC(=O)OC(C)(C)C)C(C)C)N1CCC(CN2CCOCC2)C1.I. The Balaban J connectivity index is 0.00000480. The van der Waals surface area contributed by atoms with Gasteiger partial charge in [-0.15, -0.1) is 24.0 Å². The highest BCUT2D eigenvalue weighted by Gasteiger charge is 2.28. The topological polar surface area (TPSA) is 78.4 Å². The van der Waals surface area contributed by atoms with Crippen molar-refractivity contribution < 1.29 is 14.3 Å². The number of hydrogen-bond acceptors (Lipinski definition) is 5. The Morgan fingerprint density at radius 3 is 2.48 bits per heavy atom. The maximum absolute atomic E-state index is 12.2. The summed E-state index contributed by atoms with van der Waals surface area (Å²) in [6.07, 6.45) is 0.805. The molecule has 0 aliphatic carbocycles. The molecule has 0 spiro atoms. The molecule has 2 atom stereocenters. The predicted octanol–water partition coefficient (Wildman–Crippen LogP) is 2.77. The van der Waals surface area contributed by atoms with Gasteiger partial charge in [-0.05, 0) is 46.0 Å². The van der Waals surface area contributed by atoms with E-state index in [2.05, 4.69) is 41.2 Å². The third-order valence-electron chi connectivity index (χ3n) is 5.48. The average Bonchev–Trinajstić information content (AvgIpc) is 3.11. The largest absolute Gasteiger partial charge is 0.444 e. The second-order valence-electron chi connectivity index (χ2n) is 9.71. The summed E-state index contributed by atoms with van der Waals surface area (Å²) in [6, 6.07) is -0.0692. The second-order valence-corrected chi connectivity index (χ2v) is 9.71. The molecule has 2 unspecified atom stereocenters. The third kappa shape index (κ3) is 10.6. The van der Waals surface area contributed by atoms with Crippen LogP contribution in [0.2, 0.25) is 0 Å². The van der Waals surface area contributed by atoms with Crippen molar-refractivity contribution in [1.29, 1.82) is 0 Å². The molecule has 2 heterocycles. The number of rotatable bonds is 7. The van der Waals surface area contributed by atoms with Crippen molar-refractivity contribution >= 4 is 36.0 Å². The van der Waals surface area contributed by atoms with Crippen LogP contribution in [-0.4, -0.2) is 92.5 Å². The molecule has 31 heavy (non-hydrogen) atoms. The van der Waals surface area contributed by atoms with Gasteiger partial charge in [0.05, 0.1) is 25.8 Å². The molecule has 2 aliphatic heterocycles. The first-order valence-corrected chi connectivity index (χ1v) is 11.5. The van der Waals surface area contributed by atoms with Gasteiger partial charge in [-0.3, -0.25) is 9.89 Å². The van der Waals surface area contributed by atoms with E-state index in [0.717, 1.165) is 58.4 Å². The zero-order chi connectivity index (χ0) is 22.1. The number of nitrogens with zero attached hydrogens (tertiary/aromatic N) is 3. The number of amides is 1. The van der Waals surface area contributed by atoms with Crippen LogP contribution in [-0.2, 0) is 9.47 Å². The molecule has 2 N–H and O–H groups in total. The first-order valence-electron chi connectivity index (χ1n) is 11.5. The number of carbonyl (C=O) groups excluding carboxylic acids is 1. The summed E-state index contributed by atoms with van der Waals surface area (Å²) >= 11 is 0. The molecule has 0 saturated carbocycles. The van der Waals surface area contributed by atoms with Crippen molar-refractivity contribution in [2.45, 2.75) is 59.6 Å². The summed E-state index contributed by atoms with van der Waals surface area (Å²) in [6.45, 7) is 20.2. The number of nitrogens with one attached hydrogen (secondary N) is 2. The minimum Gasteiger partial charge on any atom is -0.444 e. The number of halogens is 1. The van der Waals surface area contributed by atoms with Crippen molar-refractivity contribution in [3.05, 3.63) is 0 Å². The van der Waals surface area contributed by atoms with Gasteiger partial charge in [0.2, 0.25) is 0 Å². The van der Waals surface area contributed by atoms with Crippen molar-refractivity contribution in [3.8, 4) is 0 Å². The summed E-state index contributed by atoms with van der Waals surface area (Å²) in [5.41, 5.74) is -0.505. The number of carbonyl (C=O) groups is 1. The zero-order valence-electron chi connectivity index (χ0n) is 20.3. The van der Waals surface area contributed by atoms with E-state index in [1.165, 1.54) is 6.42 Å². The lowest BCUT2D eigenvalue weighted by atomic mass is 10.1. The summed E-state index contributed by atoms with van der Waals surface area (Å²) in [5.74, 6) is 1.86. The molecular weight excluding hydrogens is 509 g/mol. The fourth-order valence-corrected chi connectivity index (χ4v) is 3.82. The smallest absolute Gasteiger partial charge is 0.407 e. The van der Waals surface area contributed by atoms with Crippen molar-refractivity contribution in [2.24, 2.45) is 16.8 Å². The van der Waals surface area contributed by atoms with Gasteiger partial charge in [-0.2, -0.15) is 0 Å². The van der Waals surface area contributed by atoms with Crippen LogP contribution < -0.4 is 10.6 Å². The van der Waals surface area contributed by atoms with Gasteiger partial charge >= 0.3 is 6.09 Å². The maximum Gasteiger partial charge on any atom is 0.407 e. The Kier molecular flexibility index (Phi) is 12.4. The molecule has 0 aromatic rings. The van der Waals surface area contributed by atoms with Crippen LogP contribution in [0.4, 0.5) is 4.79 Å². The van der Waals surface area contributed by atoms with Crippen LogP contribution in [0.1, 0.15) is 48.0 Å². The van der Waals surface area contributed by atoms with Gasteiger partial charge in [-0.1, -0.05) is 13.8 Å². The first-order chi connectivity index (χ1) is 14.2. The van der Waals surface area contributed by atoms with Crippen molar-refractivity contribution in [3.63, 3.8) is 0 Å². The van der Waals surface area contributed by atoms with Crippen LogP contribution in [0.25, 0.3) is 0 Å². The Labute approximate surface area is 205 Å². The van der Waals surface area contributed by atoms with Crippen LogP contribution in [0, 0.1) is 11.8 Å². The van der Waals surface area contributed by atoms with E-state index in [9.17, 15) is 4.79 Å². The van der Waals surface area contributed by atoms with E-state index in [1.54, 1.807) is 0 Å². The normalized spacial score (nSPS) is 21.6. The molecule has 1 amide bonds. The number of guanidine groups is 1. The number of alkyl carbamates (subject to hydrolysis) is 1. The number of likely N-dealkylation sites (tertiary alicyclic amines) is 1. The van der Waals surface area contributed by atoms with Crippen LogP contribution in [0.15, 0.2) is 4.99 Å². The van der Waals surface area contributed by atoms with E-state index in [-0.39, 0.29) is 42.0 Å². The lowest BCUT2D eigenvalue weighted by Crippen LogP contribution is -2.45. The third-order valence-corrected chi connectivity index (χ3v) is 5.48. The molecule has 0 aromatic carbocycles. The lowest BCUT2D eigenvalue weighted by Gasteiger charge is -2.29. The van der Waals surface area contributed by atoms with E-state index in [1.807, 2.05) is 20.8 Å². The summed E-state index contributed by atoms with van der Waals surface area (Å²) in [5, 5.41) is 6.42. The quantitative estimate of drug-likeness (QED) is 0.287. The minimum atomic E-state index is -0.505. The number of hydrogen-bond donors (Lipinski definition) is 2. The zero-order valence-corrected chi connectivity index (χ0v) is 22.6. The lowest BCUT2D eigenvalue weighted by molar-refractivity contribution is 0.0315. The second kappa shape index (κ2) is 13.7. The Morgan fingerprint density at radius 1 is 1.23 bits per heavy atom. The highest BCUT2D eigenvalue weighted by molar-refractivity contribution is 14.0. The van der Waals surface area contributed by atoms with Gasteiger partial charge in [0.25, 0.3) is 0 Å². The molecule has 0 radical (unpaired) electrons. The van der Waals surface area contributed by atoms with E-state index in [0.29, 0.717) is 12.5 Å². The molecule has 8 nitrogen and oxygen atoms in total. The summed E-state index contributed by atoms with van der Waals surface area (Å²) in [4.78, 5) is 22.0. The van der Waals surface area contributed by atoms with Gasteiger partial charge in [0.1, 0.15) is 5.60 Å². The standard InChI is InChI=1S/C22H43N5O3.HI/c1-7-23-20(24-14-19(17(2)3)25-21(28)30-22(4,5)6)27-9-8-18(16-27)15-26-10-12-29-13-11-26;/h17-19H,7-16H2,1-6H3,(H,23,24)(H,25,28);1H. The van der Waals surface area contributed by atoms with Crippen LogP contribution in [0.3, 0.4) is 0 Å². The number of aliphatic imine (C=N–C) groups is 1. The summed E-state index contributed by atoms with van der Waals surface area (Å²) in [7, 11) is 0. The fourth-order valence-electron chi connectivity index (χ4n) is 3.82. The van der Waals surface area contributed by atoms with Gasteiger partial charge in [0, 0.05) is 39.3 Å².